The average Bonchev–Trinajstić information content (AvgIpc) is 2.35. The first-order valence-corrected chi connectivity index (χ1v) is 6.69. The summed E-state index contributed by atoms with van der Waals surface area (Å²) in [4.78, 5) is -0.312. The van der Waals surface area contributed by atoms with Gasteiger partial charge in [-0.25, -0.2) is 8.78 Å². The van der Waals surface area contributed by atoms with Crippen molar-refractivity contribution in [3.05, 3.63) is 70.2 Å². The van der Waals surface area contributed by atoms with E-state index < -0.39 is 0 Å². The molecule has 94 valence electrons. The van der Waals surface area contributed by atoms with Crippen LogP contribution in [0.15, 0.2) is 42.5 Å². The minimum absolute atomic E-state index is 0.288. The Morgan fingerprint density at radius 3 is 2.50 bits per heavy atom. The van der Waals surface area contributed by atoms with Crippen molar-refractivity contribution in [1.82, 2.24) is 0 Å². The summed E-state index contributed by atoms with van der Waals surface area (Å²) in [6.07, 6.45) is 0.365. The maximum Gasteiger partial charge on any atom is 0.127 e. The molecule has 2 aromatic carbocycles. The molecular weight excluding hydrogens is 322 g/mol. The maximum atomic E-state index is 13.6. The second-order valence-electron chi connectivity index (χ2n) is 3.93. The smallest absolute Gasteiger partial charge is 0.127 e. The van der Waals surface area contributed by atoms with E-state index in [2.05, 4.69) is 15.9 Å². The quantitative estimate of drug-likeness (QED) is 0.670. The summed E-state index contributed by atoms with van der Waals surface area (Å²) in [6.45, 7) is 0. The van der Waals surface area contributed by atoms with E-state index in [1.807, 2.05) is 0 Å². The van der Waals surface area contributed by atoms with Crippen molar-refractivity contribution < 1.29 is 8.78 Å². The zero-order valence-electron chi connectivity index (χ0n) is 9.34. The molecule has 1 unspecified atom stereocenters. The molecule has 0 saturated heterocycles. The van der Waals surface area contributed by atoms with Gasteiger partial charge in [0.15, 0.2) is 0 Å². The minimum atomic E-state index is -0.349. The summed E-state index contributed by atoms with van der Waals surface area (Å²) in [6, 6.07) is 10.8. The molecule has 0 aromatic heterocycles. The van der Waals surface area contributed by atoms with Gasteiger partial charge in [0, 0.05) is 15.4 Å². The molecular formula is C14H10BrClF2. The molecule has 0 spiro atoms. The van der Waals surface area contributed by atoms with Crippen LogP contribution in [-0.2, 0) is 6.42 Å². The van der Waals surface area contributed by atoms with E-state index in [9.17, 15) is 8.78 Å². The molecule has 0 saturated carbocycles. The fraction of sp³-hybridized carbons (Fsp3) is 0.143. The number of hydrogen-bond acceptors (Lipinski definition) is 0. The lowest BCUT2D eigenvalue weighted by Crippen LogP contribution is -2.00. The van der Waals surface area contributed by atoms with Gasteiger partial charge in [-0.05, 0) is 36.2 Å². The van der Waals surface area contributed by atoms with Crippen molar-refractivity contribution in [2.45, 2.75) is 11.2 Å². The summed E-state index contributed by atoms with van der Waals surface area (Å²) in [7, 11) is 0. The van der Waals surface area contributed by atoms with Crippen LogP contribution in [0, 0.1) is 11.6 Å². The summed E-state index contributed by atoms with van der Waals surface area (Å²) >= 11 is 9.21. The van der Waals surface area contributed by atoms with Crippen molar-refractivity contribution in [1.29, 1.82) is 0 Å². The van der Waals surface area contributed by atoms with Crippen LogP contribution in [-0.4, -0.2) is 0 Å². The van der Waals surface area contributed by atoms with E-state index in [0.29, 0.717) is 22.6 Å². The third kappa shape index (κ3) is 3.09. The number of alkyl halides is 1. The third-order valence-electron chi connectivity index (χ3n) is 2.65. The Morgan fingerprint density at radius 1 is 1.06 bits per heavy atom. The highest BCUT2D eigenvalue weighted by atomic mass is 79.9. The first kappa shape index (κ1) is 13.5. The summed E-state index contributed by atoms with van der Waals surface area (Å²) in [5.74, 6) is -0.637. The van der Waals surface area contributed by atoms with Gasteiger partial charge >= 0.3 is 0 Å². The SMILES string of the molecule is Fc1ccccc1CC(Br)c1cc(Cl)ccc1F. The highest BCUT2D eigenvalue weighted by Gasteiger charge is 2.15. The number of hydrogen-bond donors (Lipinski definition) is 0. The normalized spacial score (nSPS) is 12.4. The standard InChI is InChI=1S/C14H10BrClF2/c15-12(7-9-3-1-2-4-13(9)17)11-8-10(16)5-6-14(11)18/h1-6,8,12H,7H2. The van der Waals surface area contributed by atoms with Crippen LogP contribution in [0.5, 0.6) is 0 Å². The Balaban J connectivity index is 2.25. The molecule has 0 N–H and O–H groups in total. The van der Waals surface area contributed by atoms with E-state index >= 15 is 0 Å². The predicted molar refractivity (Wildman–Crippen MR) is 73.2 cm³/mol. The summed E-state index contributed by atoms with van der Waals surface area (Å²) < 4.78 is 27.1. The maximum absolute atomic E-state index is 13.6. The van der Waals surface area contributed by atoms with Crippen molar-refractivity contribution in [3.63, 3.8) is 0 Å². The lowest BCUT2D eigenvalue weighted by Gasteiger charge is -2.12. The zero-order chi connectivity index (χ0) is 13.1. The highest BCUT2D eigenvalue weighted by Crippen LogP contribution is 2.31. The Hall–Kier alpha value is -0.930. The summed E-state index contributed by atoms with van der Waals surface area (Å²) in [5.41, 5.74) is 0.976. The van der Waals surface area contributed by atoms with Gasteiger partial charge in [-0.2, -0.15) is 0 Å². The highest BCUT2D eigenvalue weighted by molar-refractivity contribution is 9.09. The predicted octanol–water partition coefficient (Wildman–Crippen LogP) is 5.30. The fourth-order valence-corrected chi connectivity index (χ4v) is 2.60. The van der Waals surface area contributed by atoms with Gasteiger partial charge < -0.3 is 0 Å². The van der Waals surface area contributed by atoms with Crippen molar-refractivity contribution in [3.8, 4) is 0 Å². The molecule has 0 radical (unpaired) electrons. The molecule has 0 aliphatic heterocycles. The molecule has 0 aliphatic rings. The number of halogens is 4. The number of benzene rings is 2. The monoisotopic (exact) mass is 330 g/mol. The van der Waals surface area contributed by atoms with E-state index in [1.165, 1.54) is 18.2 Å². The minimum Gasteiger partial charge on any atom is -0.207 e. The van der Waals surface area contributed by atoms with Crippen LogP contribution in [0.3, 0.4) is 0 Å². The Morgan fingerprint density at radius 2 is 1.78 bits per heavy atom. The first-order chi connectivity index (χ1) is 8.58. The van der Waals surface area contributed by atoms with Crippen molar-refractivity contribution >= 4 is 27.5 Å². The van der Waals surface area contributed by atoms with Crippen LogP contribution in [0.2, 0.25) is 5.02 Å². The first-order valence-electron chi connectivity index (χ1n) is 5.40. The van der Waals surface area contributed by atoms with Gasteiger partial charge in [0.1, 0.15) is 11.6 Å². The van der Waals surface area contributed by atoms with Crippen LogP contribution in [0.1, 0.15) is 16.0 Å². The van der Waals surface area contributed by atoms with Gasteiger partial charge in [0.2, 0.25) is 0 Å². The molecule has 0 aliphatic carbocycles. The lowest BCUT2D eigenvalue weighted by atomic mass is 10.0. The second kappa shape index (κ2) is 5.81. The molecule has 0 bridgehead atoms. The number of rotatable bonds is 3. The van der Waals surface area contributed by atoms with E-state index in [-0.39, 0.29) is 16.5 Å². The van der Waals surface area contributed by atoms with Crippen molar-refractivity contribution in [2.75, 3.05) is 0 Å². The van der Waals surface area contributed by atoms with E-state index in [4.69, 9.17) is 11.6 Å². The molecule has 2 rings (SSSR count). The molecule has 0 nitrogen and oxygen atoms in total. The zero-order valence-corrected chi connectivity index (χ0v) is 11.7. The van der Waals surface area contributed by atoms with Crippen molar-refractivity contribution in [2.24, 2.45) is 0 Å². The molecule has 4 heteroatoms. The molecule has 0 fully saturated rings. The molecule has 1 atom stereocenters. The van der Waals surface area contributed by atoms with E-state index in [1.54, 1.807) is 24.3 Å². The van der Waals surface area contributed by atoms with Crippen LogP contribution < -0.4 is 0 Å². The van der Waals surface area contributed by atoms with Gasteiger partial charge in [0.25, 0.3) is 0 Å². The average molecular weight is 332 g/mol. The van der Waals surface area contributed by atoms with Gasteiger partial charge in [-0.15, -0.1) is 0 Å². The van der Waals surface area contributed by atoms with Crippen LogP contribution in [0.4, 0.5) is 8.78 Å². The fourth-order valence-electron chi connectivity index (χ4n) is 1.72. The Kier molecular flexibility index (Phi) is 4.36. The largest absolute Gasteiger partial charge is 0.207 e. The van der Waals surface area contributed by atoms with Gasteiger partial charge in [-0.1, -0.05) is 45.7 Å². The Labute approximate surface area is 118 Å². The molecule has 18 heavy (non-hydrogen) atoms. The third-order valence-corrected chi connectivity index (χ3v) is 3.70. The molecule has 0 heterocycles. The molecule has 0 amide bonds. The molecule has 2 aromatic rings. The van der Waals surface area contributed by atoms with Crippen LogP contribution >= 0.6 is 27.5 Å². The van der Waals surface area contributed by atoms with Gasteiger partial charge in [-0.3, -0.25) is 0 Å². The van der Waals surface area contributed by atoms with E-state index in [0.717, 1.165) is 0 Å². The van der Waals surface area contributed by atoms with Crippen LogP contribution in [0.25, 0.3) is 0 Å². The topological polar surface area (TPSA) is 0 Å². The van der Waals surface area contributed by atoms with Gasteiger partial charge in [0.05, 0.1) is 0 Å². The Bertz CT molecular complexity index is 557. The lowest BCUT2D eigenvalue weighted by molar-refractivity contribution is 0.594. The summed E-state index contributed by atoms with van der Waals surface area (Å²) in [5, 5.41) is 0.462. The second-order valence-corrected chi connectivity index (χ2v) is 5.47.